The van der Waals surface area contributed by atoms with E-state index in [0.717, 1.165) is 11.8 Å². The van der Waals surface area contributed by atoms with Gasteiger partial charge in [-0.3, -0.25) is 4.79 Å². The summed E-state index contributed by atoms with van der Waals surface area (Å²) in [7, 11) is 1.57. The van der Waals surface area contributed by atoms with Gasteiger partial charge in [0.2, 0.25) is 5.16 Å². The van der Waals surface area contributed by atoms with E-state index in [0.29, 0.717) is 44.8 Å². The van der Waals surface area contributed by atoms with Gasteiger partial charge in [-0.15, -0.1) is 10.2 Å². The minimum absolute atomic E-state index is 0.0737. The van der Waals surface area contributed by atoms with E-state index in [1.54, 1.807) is 33.9 Å². The Morgan fingerprint density at radius 3 is 2.67 bits per heavy atom. The average molecular weight is 430 g/mol. The number of nitrogens with one attached hydrogen (secondary N) is 1. The number of aryl methyl sites for hydroxylation is 1. The number of methoxy groups -OCH3 is 1. The number of para-hydroxylation sites is 1. The summed E-state index contributed by atoms with van der Waals surface area (Å²) < 4.78 is 11.7. The van der Waals surface area contributed by atoms with E-state index in [1.165, 1.54) is 4.68 Å². The zero-order valence-corrected chi connectivity index (χ0v) is 18.0. The van der Waals surface area contributed by atoms with Crippen LogP contribution in [0.15, 0.2) is 29.4 Å². The van der Waals surface area contributed by atoms with Crippen molar-refractivity contribution in [3.63, 3.8) is 0 Å². The molecular formula is C20H23N5O4S. The maximum Gasteiger partial charge on any atom is 0.340 e. The topological polar surface area (TPSA) is 125 Å². The van der Waals surface area contributed by atoms with Gasteiger partial charge < -0.3 is 20.3 Å². The first-order valence-corrected chi connectivity index (χ1v) is 10.2. The van der Waals surface area contributed by atoms with Gasteiger partial charge in [-0.1, -0.05) is 23.9 Å². The van der Waals surface area contributed by atoms with E-state index in [2.05, 4.69) is 15.2 Å². The summed E-state index contributed by atoms with van der Waals surface area (Å²) in [6.07, 6.45) is 0. The first kappa shape index (κ1) is 21.4. The lowest BCUT2D eigenvalue weighted by Gasteiger charge is -2.07. The highest BCUT2D eigenvalue weighted by molar-refractivity contribution is 7.99. The number of carbonyl (C=O) groups excluding carboxylic acids is 2. The number of aromatic nitrogens is 4. The molecule has 0 spiro atoms. The van der Waals surface area contributed by atoms with E-state index in [4.69, 9.17) is 15.3 Å². The molecule has 0 bridgehead atoms. The monoisotopic (exact) mass is 429 g/mol. The fourth-order valence-corrected chi connectivity index (χ4v) is 3.86. The number of carbonyl (C=O) groups is 2. The van der Waals surface area contributed by atoms with Crippen LogP contribution in [0.3, 0.4) is 0 Å². The number of nitrogens with zero attached hydrogens (tertiary/aromatic N) is 3. The Kier molecular flexibility index (Phi) is 6.46. The maximum atomic E-state index is 12.8. The molecule has 0 aliphatic heterocycles. The van der Waals surface area contributed by atoms with Crippen molar-refractivity contribution in [3.05, 3.63) is 46.8 Å². The molecule has 0 saturated heterocycles. The van der Waals surface area contributed by atoms with Crippen LogP contribution in [0, 0.1) is 13.8 Å². The summed E-state index contributed by atoms with van der Waals surface area (Å²) in [4.78, 5) is 27.9. The summed E-state index contributed by atoms with van der Waals surface area (Å²) in [6, 6.07) is 7.32. The largest absolute Gasteiger partial charge is 0.496 e. The molecule has 158 valence electrons. The van der Waals surface area contributed by atoms with Crippen molar-refractivity contribution in [3.8, 4) is 17.1 Å². The molecule has 3 N–H and O–H groups in total. The highest BCUT2D eigenvalue weighted by Crippen LogP contribution is 2.29. The molecule has 0 saturated carbocycles. The molecular weight excluding hydrogens is 406 g/mol. The molecule has 0 atom stereocenters. The van der Waals surface area contributed by atoms with Crippen LogP contribution in [0.2, 0.25) is 0 Å². The van der Waals surface area contributed by atoms with Crippen LogP contribution in [0.5, 0.6) is 5.75 Å². The van der Waals surface area contributed by atoms with Gasteiger partial charge in [-0.2, -0.15) is 0 Å². The van der Waals surface area contributed by atoms with Crippen LogP contribution >= 0.6 is 11.8 Å². The number of ketones is 1. The molecule has 3 aromatic rings. The summed E-state index contributed by atoms with van der Waals surface area (Å²) in [5, 5.41) is 8.61. The molecule has 0 aliphatic rings. The van der Waals surface area contributed by atoms with Gasteiger partial charge >= 0.3 is 5.97 Å². The van der Waals surface area contributed by atoms with Crippen LogP contribution in [0.4, 0.5) is 0 Å². The molecule has 2 heterocycles. The van der Waals surface area contributed by atoms with Crippen LogP contribution in [-0.2, 0) is 4.74 Å². The van der Waals surface area contributed by atoms with E-state index in [9.17, 15) is 9.59 Å². The summed E-state index contributed by atoms with van der Waals surface area (Å²) >= 11 is 1.16. The number of hydrogen-bond acceptors (Lipinski definition) is 8. The molecule has 30 heavy (non-hydrogen) atoms. The first-order valence-electron chi connectivity index (χ1n) is 9.25. The van der Waals surface area contributed by atoms with Crippen LogP contribution < -0.4 is 10.6 Å². The third-order valence-corrected chi connectivity index (χ3v) is 5.48. The smallest absolute Gasteiger partial charge is 0.340 e. The lowest BCUT2D eigenvalue weighted by Crippen LogP contribution is -2.13. The van der Waals surface area contributed by atoms with Gasteiger partial charge in [-0.05, 0) is 38.5 Å². The lowest BCUT2D eigenvalue weighted by atomic mass is 10.1. The minimum Gasteiger partial charge on any atom is -0.496 e. The third kappa shape index (κ3) is 4.04. The van der Waals surface area contributed by atoms with Gasteiger partial charge in [0.25, 0.3) is 0 Å². The average Bonchev–Trinajstić information content (AvgIpc) is 3.25. The predicted octanol–water partition coefficient (Wildman–Crippen LogP) is 2.76. The summed E-state index contributed by atoms with van der Waals surface area (Å²) in [6.45, 7) is 5.46. The molecule has 1 aromatic carbocycles. The number of aromatic amines is 1. The fourth-order valence-electron chi connectivity index (χ4n) is 3.13. The normalized spacial score (nSPS) is 10.8. The summed E-state index contributed by atoms with van der Waals surface area (Å²) in [5.41, 5.74) is 2.63. The number of esters is 1. The Labute approximate surface area is 177 Å². The maximum absolute atomic E-state index is 12.8. The van der Waals surface area contributed by atoms with Crippen molar-refractivity contribution in [2.45, 2.75) is 25.9 Å². The molecule has 0 amide bonds. The second-order valence-corrected chi connectivity index (χ2v) is 7.38. The number of H-pyrrole nitrogens is 1. The Morgan fingerprint density at radius 2 is 1.97 bits per heavy atom. The van der Waals surface area contributed by atoms with Crippen molar-refractivity contribution >= 4 is 23.5 Å². The van der Waals surface area contributed by atoms with E-state index in [-0.39, 0.29) is 18.1 Å². The molecule has 10 heteroatoms. The Balaban J connectivity index is 1.77. The van der Waals surface area contributed by atoms with Gasteiger partial charge in [0, 0.05) is 5.69 Å². The molecule has 0 radical (unpaired) electrons. The number of nitrogen functional groups attached to an aromatic ring is 1. The van der Waals surface area contributed by atoms with Crippen molar-refractivity contribution in [2.75, 3.05) is 25.3 Å². The Morgan fingerprint density at radius 1 is 1.23 bits per heavy atom. The SMILES string of the molecule is CCOC(=O)c1c(C)[nH]c(C(=O)CSc2nnc(-c3ccccc3OC)n2N)c1C. The third-order valence-electron chi connectivity index (χ3n) is 4.54. The molecule has 0 aliphatic carbocycles. The van der Waals surface area contributed by atoms with E-state index < -0.39 is 5.97 Å². The van der Waals surface area contributed by atoms with E-state index >= 15 is 0 Å². The van der Waals surface area contributed by atoms with Gasteiger partial charge in [-0.25, -0.2) is 9.47 Å². The number of Topliss-reactive ketones (excluding diaryl/α,β-unsaturated/α-hetero) is 1. The quantitative estimate of drug-likeness (QED) is 0.242. The standard InChI is InChI=1S/C20H23N5O4S/c1-5-29-19(27)16-11(2)17(22-12(16)3)14(26)10-30-20-24-23-18(25(20)21)13-8-6-7-9-15(13)28-4/h6-9,22H,5,10,21H2,1-4H3. The number of nitrogens with two attached hydrogens (primary N) is 1. The van der Waals surface area contributed by atoms with Crippen LogP contribution in [0.25, 0.3) is 11.4 Å². The number of thioether (sulfide) groups is 1. The van der Waals surface area contributed by atoms with Crippen molar-refractivity contribution in [1.29, 1.82) is 0 Å². The molecule has 0 fully saturated rings. The second-order valence-electron chi connectivity index (χ2n) is 6.43. The number of rotatable bonds is 8. The summed E-state index contributed by atoms with van der Waals surface area (Å²) in [5.74, 6) is 6.64. The molecule has 9 nitrogen and oxygen atoms in total. The minimum atomic E-state index is -0.446. The van der Waals surface area contributed by atoms with Gasteiger partial charge in [0.15, 0.2) is 11.6 Å². The second kappa shape index (κ2) is 9.04. The number of ether oxygens (including phenoxy) is 2. The van der Waals surface area contributed by atoms with Crippen LogP contribution in [-0.4, -0.2) is 51.1 Å². The van der Waals surface area contributed by atoms with Crippen LogP contribution in [0.1, 0.15) is 39.0 Å². The number of benzene rings is 1. The highest BCUT2D eigenvalue weighted by atomic mass is 32.2. The predicted molar refractivity (Wildman–Crippen MR) is 113 cm³/mol. The molecule has 3 rings (SSSR count). The van der Waals surface area contributed by atoms with Crippen molar-refractivity contribution in [1.82, 2.24) is 19.9 Å². The Bertz CT molecular complexity index is 1090. The molecule has 0 unspecified atom stereocenters. The van der Waals surface area contributed by atoms with E-state index in [1.807, 2.05) is 18.2 Å². The zero-order valence-electron chi connectivity index (χ0n) is 17.2. The highest BCUT2D eigenvalue weighted by Gasteiger charge is 2.24. The lowest BCUT2D eigenvalue weighted by molar-refractivity contribution is 0.0525. The van der Waals surface area contributed by atoms with Gasteiger partial charge in [0.1, 0.15) is 5.75 Å². The number of hydrogen-bond donors (Lipinski definition) is 2. The zero-order chi connectivity index (χ0) is 21.8. The van der Waals surface area contributed by atoms with Crippen molar-refractivity contribution < 1.29 is 19.1 Å². The van der Waals surface area contributed by atoms with Crippen molar-refractivity contribution in [2.24, 2.45) is 0 Å². The van der Waals surface area contributed by atoms with Gasteiger partial charge in [0.05, 0.1) is 36.3 Å². The first-order chi connectivity index (χ1) is 14.4. The fraction of sp³-hybridized carbons (Fsp3) is 0.300. The Hall–Kier alpha value is -3.27. The molecule has 2 aromatic heterocycles.